The van der Waals surface area contributed by atoms with Crippen molar-refractivity contribution < 1.29 is 14.4 Å². The van der Waals surface area contributed by atoms with Crippen molar-refractivity contribution in [2.45, 2.75) is 52.0 Å². The number of benzene rings is 1. The van der Waals surface area contributed by atoms with E-state index < -0.39 is 0 Å². The van der Waals surface area contributed by atoms with Crippen LogP contribution in [0.3, 0.4) is 0 Å². The highest BCUT2D eigenvalue weighted by atomic mass is 79.9. The quantitative estimate of drug-likeness (QED) is 0.465. The highest BCUT2D eigenvalue weighted by Crippen LogP contribution is 2.35. The second kappa shape index (κ2) is 10.3. The molecule has 1 aromatic heterocycles. The summed E-state index contributed by atoms with van der Waals surface area (Å²) in [5.74, 6) is -0.108. The fourth-order valence-corrected chi connectivity index (χ4v) is 5.48. The third-order valence-electron chi connectivity index (χ3n) is 6.03. The molecule has 6 nitrogen and oxygen atoms in total. The molecular formula is C24H28BrN3O3S. The number of hydrogen-bond acceptors (Lipinski definition) is 4. The Labute approximate surface area is 201 Å². The zero-order chi connectivity index (χ0) is 22.7. The predicted molar refractivity (Wildman–Crippen MR) is 132 cm³/mol. The standard InChI is InChI=1S/C24H28BrN3O3S/c1-2-3-12-28-23(30)21(32-24(28)31)13-17-15-27(20-9-8-18(25)14-19(17)20)16-22(29)26-10-6-4-5-7-11-26/h8-9,13-15H,2-7,10-12,16H2,1H3/b21-13-. The lowest BCUT2D eigenvalue weighted by Crippen LogP contribution is -2.34. The van der Waals surface area contributed by atoms with Crippen LogP contribution in [-0.2, 0) is 16.1 Å². The number of aromatic nitrogens is 1. The summed E-state index contributed by atoms with van der Waals surface area (Å²) in [6.07, 6.45) is 9.92. The van der Waals surface area contributed by atoms with E-state index in [0.717, 1.165) is 71.5 Å². The number of amides is 3. The van der Waals surface area contributed by atoms with Gasteiger partial charge in [0.05, 0.1) is 4.91 Å². The number of imide groups is 1. The Morgan fingerprint density at radius 1 is 1.16 bits per heavy atom. The van der Waals surface area contributed by atoms with Crippen LogP contribution in [0.5, 0.6) is 0 Å². The van der Waals surface area contributed by atoms with Crippen LogP contribution in [0.2, 0.25) is 0 Å². The van der Waals surface area contributed by atoms with Crippen LogP contribution in [0.1, 0.15) is 51.0 Å². The van der Waals surface area contributed by atoms with E-state index in [4.69, 9.17) is 0 Å². The van der Waals surface area contributed by atoms with Gasteiger partial charge in [-0.3, -0.25) is 19.3 Å². The number of unbranched alkanes of at least 4 members (excludes halogenated alkanes) is 1. The largest absolute Gasteiger partial charge is 0.341 e. The summed E-state index contributed by atoms with van der Waals surface area (Å²) in [7, 11) is 0. The summed E-state index contributed by atoms with van der Waals surface area (Å²) >= 11 is 4.52. The van der Waals surface area contributed by atoms with Gasteiger partial charge >= 0.3 is 0 Å². The van der Waals surface area contributed by atoms with E-state index in [-0.39, 0.29) is 23.6 Å². The number of carbonyl (C=O) groups excluding carboxylic acids is 3. The van der Waals surface area contributed by atoms with Crippen molar-refractivity contribution in [1.29, 1.82) is 0 Å². The Kier molecular flexibility index (Phi) is 7.40. The van der Waals surface area contributed by atoms with Gasteiger partial charge in [-0.05, 0) is 55.3 Å². The molecule has 8 heteroatoms. The molecule has 32 heavy (non-hydrogen) atoms. The molecule has 0 N–H and O–H groups in total. The van der Waals surface area contributed by atoms with Gasteiger partial charge in [-0.15, -0.1) is 0 Å². The van der Waals surface area contributed by atoms with Gasteiger partial charge in [-0.2, -0.15) is 0 Å². The first-order valence-electron chi connectivity index (χ1n) is 11.3. The second-order valence-corrected chi connectivity index (χ2v) is 10.3. The lowest BCUT2D eigenvalue weighted by Gasteiger charge is -2.20. The number of carbonyl (C=O) groups is 3. The summed E-state index contributed by atoms with van der Waals surface area (Å²) in [5.41, 5.74) is 1.78. The Morgan fingerprint density at radius 2 is 1.91 bits per heavy atom. The molecular weight excluding hydrogens is 490 g/mol. The molecule has 4 rings (SSSR count). The van der Waals surface area contributed by atoms with Gasteiger partial charge in [0.15, 0.2) is 0 Å². The van der Waals surface area contributed by atoms with E-state index in [1.54, 1.807) is 6.08 Å². The third-order valence-corrected chi connectivity index (χ3v) is 7.43. The minimum Gasteiger partial charge on any atom is -0.341 e. The smallest absolute Gasteiger partial charge is 0.293 e. The van der Waals surface area contributed by atoms with Gasteiger partial charge < -0.3 is 9.47 Å². The van der Waals surface area contributed by atoms with E-state index in [9.17, 15) is 14.4 Å². The zero-order valence-corrected chi connectivity index (χ0v) is 20.7. The number of halogens is 1. The molecule has 170 valence electrons. The first-order valence-corrected chi connectivity index (χ1v) is 12.9. The first-order chi connectivity index (χ1) is 15.5. The fourth-order valence-electron chi connectivity index (χ4n) is 4.26. The van der Waals surface area contributed by atoms with E-state index in [1.807, 2.05) is 40.8 Å². The maximum atomic E-state index is 13.0. The molecule has 0 bridgehead atoms. The summed E-state index contributed by atoms with van der Waals surface area (Å²) in [5, 5.41) is 0.736. The minimum atomic E-state index is -0.231. The molecule has 2 fully saturated rings. The average molecular weight is 518 g/mol. The average Bonchev–Trinajstić information content (AvgIpc) is 3.07. The molecule has 0 saturated carbocycles. The SMILES string of the molecule is CCCCN1C(=O)S/C(=C\c2cn(CC(=O)N3CCCCCC3)c3ccc(Br)cc23)C1=O. The molecule has 1 aromatic carbocycles. The van der Waals surface area contributed by atoms with Gasteiger partial charge in [-0.1, -0.05) is 42.1 Å². The molecule has 0 radical (unpaired) electrons. The third kappa shape index (κ3) is 4.96. The molecule has 0 unspecified atom stereocenters. The lowest BCUT2D eigenvalue weighted by molar-refractivity contribution is -0.131. The zero-order valence-electron chi connectivity index (χ0n) is 18.3. The van der Waals surface area contributed by atoms with E-state index in [0.29, 0.717) is 11.4 Å². The molecule has 3 heterocycles. The van der Waals surface area contributed by atoms with Gasteiger partial charge in [0, 0.05) is 46.8 Å². The van der Waals surface area contributed by atoms with Crippen molar-refractivity contribution in [2.24, 2.45) is 0 Å². The van der Waals surface area contributed by atoms with E-state index >= 15 is 0 Å². The van der Waals surface area contributed by atoms with Gasteiger partial charge in [0.1, 0.15) is 6.54 Å². The normalized spacial score (nSPS) is 18.8. The van der Waals surface area contributed by atoms with Crippen LogP contribution < -0.4 is 0 Å². The number of rotatable bonds is 6. The summed E-state index contributed by atoms with van der Waals surface area (Å²) in [6.45, 7) is 4.40. The van der Waals surface area contributed by atoms with E-state index in [1.165, 1.54) is 17.7 Å². The van der Waals surface area contributed by atoms with Crippen molar-refractivity contribution in [2.75, 3.05) is 19.6 Å². The molecule has 3 amide bonds. The summed E-state index contributed by atoms with van der Waals surface area (Å²) in [6, 6.07) is 5.94. The van der Waals surface area contributed by atoms with Crippen molar-refractivity contribution >= 4 is 61.7 Å². The number of fused-ring (bicyclic) bond motifs is 1. The molecule has 0 atom stereocenters. The van der Waals surface area contributed by atoms with Gasteiger partial charge in [0.25, 0.3) is 11.1 Å². The predicted octanol–water partition coefficient (Wildman–Crippen LogP) is 5.64. The topological polar surface area (TPSA) is 62.6 Å². The Hall–Kier alpha value is -2.06. The first kappa shape index (κ1) is 23.1. The Balaban J connectivity index is 1.63. The minimum absolute atomic E-state index is 0.123. The van der Waals surface area contributed by atoms with Gasteiger partial charge in [-0.25, -0.2) is 0 Å². The van der Waals surface area contributed by atoms with E-state index in [2.05, 4.69) is 15.9 Å². The Bertz CT molecular complexity index is 1070. The lowest BCUT2D eigenvalue weighted by atomic mass is 10.1. The molecule has 0 spiro atoms. The number of nitrogens with zero attached hydrogens (tertiary/aromatic N) is 3. The fraction of sp³-hybridized carbons (Fsp3) is 0.458. The van der Waals surface area contributed by atoms with Crippen LogP contribution in [-0.4, -0.2) is 51.1 Å². The number of thioether (sulfide) groups is 1. The summed E-state index contributed by atoms with van der Waals surface area (Å²) in [4.78, 5) is 41.8. The second-order valence-electron chi connectivity index (χ2n) is 8.36. The maximum absolute atomic E-state index is 13.0. The van der Waals surface area contributed by atoms with Crippen LogP contribution in [0.25, 0.3) is 17.0 Å². The van der Waals surface area contributed by atoms with Crippen molar-refractivity contribution in [3.63, 3.8) is 0 Å². The molecule has 2 aliphatic rings. The van der Waals surface area contributed by atoms with Crippen molar-refractivity contribution in [3.8, 4) is 0 Å². The highest BCUT2D eigenvalue weighted by molar-refractivity contribution is 9.10. The summed E-state index contributed by atoms with van der Waals surface area (Å²) < 4.78 is 2.88. The number of likely N-dealkylation sites (tertiary alicyclic amines) is 1. The van der Waals surface area contributed by atoms with Crippen LogP contribution in [0.15, 0.2) is 33.8 Å². The number of hydrogen-bond donors (Lipinski definition) is 0. The molecule has 2 saturated heterocycles. The van der Waals surface area contributed by atoms with Crippen molar-refractivity contribution in [1.82, 2.24) is 14.4 Å². The Morgan fingerprint density at radius 3 is 2.62 bits per heavy atom. The maximum Gasteiger partial charge on any atom is 0.293 e. The monoisotopic (exact) mass is 517 g/mol. The highest BCUT2D eigenvalue weighted by Gasteiger charge is 2.34. The molecule has 0 aliphatic carbocycles. The van der Waals surface area contributed by atoms with Crippen LogP contribution in [0.4, 0.5) is 4.79 Å². The van der Waals surface area contributed by atoms with Gasteiger partial charge in [0.2, 0.25) is 5.91 Å². The van der Waals surface area contributed by atoms with Crippen molar-refractivity contribution in [3.05, 3.63) is 39.3 Å². The van der Waals surface area contributed by atoms with Crippen LogP contribution in [0, 0.1) is 0 Å². The molecule has 2 aromatic rings. The van der Waals surface area contributed by atoms with Crippen LogP contribution >= 0.6 is 27.7 Å². The molecule has 2 aliphatic heterocycles.